The number of nitrogens with zero attached hydrogens (tertiary/aromatic N) is 2. The molecule has 26 heavy (non-hydrogen) atoms. The van der Waals surface area contributed by atoms with Crippen LogP contribution in [0.15, 0.2) is 0 Å². The molecule has 5 N–H and O–H groups in total. The molecule has 148 valence electrons. The summed E-state index contributed by atoms with van der Waals surface area (Å²) >= 11 is 0. The van der Waals surface area contributed by atoms with Crippen LogP contribution in [0.4, 0.5) is 0 Å². The van der Waals surface area contributed by atoms with E-state index in [1.807, 2.05) is 13.8 Å². The van der Waals surface area contributed by atoms with Crippen molar-refractivity contribution in [3.63, 3.8) is 0 Å². The second-order valence-corrected chi connectivity index (χ2v) is 8.11. The normalized spacial score (nSPS) is 36.2. The van der Waals surface area contributed by atoms with E-state index in [0.717, 1.165) is 0 Å². The number of fused-ring (bicyclic) bond motifs is 2. The van der Waals surface area contributed by atoms with Crippen molar-refractivity contribution >= 4 is 17.8 Å². The van der Waals surface area contributed by atoms with Crippen molar-refractivity contribution in [1.82, 2.24) is 0 Å². The number of carbonyl (C=O) groups excluding carboxylic acids is 2. The van der Waals surface area contributed by atoms with E-state index in [4.69, 9.17) is 16.3 Å². The van der Waals surface area contributed by atoms with Gasteiger partial charge in [0.2, 0.25) is 6.54 Å². The largest absolute Gasteiger partial charge is 0.477 e. The molecule has 3 fully saturated rings. The predicted molar refractivity (Wildman–Crippen MR) is 92.5 cm³/mol. The van der Waals surface area contributed by atoms with Crippen molar-refractivity contribution in [3.8, 4) is 0 Å². The number of nitrogens with two attached hydrogens (primary N) is 2. The molecule has 3 heterocycles. The standard InChI is InChI=1S/C17H31N4O5/c1-5-26-16(25)11(7-6-8-18)14-12-9-21(19,17(12,2)3)20(4,15(14)24)10-13(22)23/h11-12,14H,5-10,18-19H2,1-4H3/q+1/p+1. The smallest absolute Gasteiger partial charge is 0.367 e. The number of carbonyl (C=O) groups is 3. The fraction of sp³-hybridized carbons (Fsp3) is 0.824. The number of amides is 1. The van der Waals surface area contributed by atoms with E-state index in [-0.39, 0.29) is 23.1 Å². The third-order valence-corrected chi connectivity index (χ3v) is 6.55. The SMILES string of the molecule is CCOC(=O)C(CCCN)C1C(=O)[N+](C)(CC(=O)O)[N+]2(N)CC1C2(C)C. The third-order valence-electron chi connectivity index (χ3n) is 6.55. The molecule has 3 aliphatic rings. The summed E-state index contributed by atoms with van der Waals surface area (Å²) in [6.45, 7) is 6.25. The monoisotopic (exact) mass is 372 g/mol. The number of hydrogen-bond acceptors (Lipinski definition) is 6. The van der Waals surface area contributed by atoms with E-state index in [1.165, 1.54) is 0 Å². The van der Waals surface area contributed by atoms with Crippen molar-refractivity contribution in [2.24, 2.45) is 29.3 Å². The Bertz CT molecular complexity index is 610. The van der Waals surface area contributed by atoms with Crippen molar-refractivity contribution in [2.45, 2.75) is 39.2 Å². The molecule has 3 aliphatic heterocycles. The number of carboxylic acid groups (broad SMARTS) is 1. The first-order chi connectivity index (χ1) is 12.0. The second kappa shape index (κ2) is 6.88. The highest BCUT2D eigenvalue weighted by atomic mass is 16.5. The molecule has 0 radical (unpaired) electrons. The number of ether oxygens (including phenoxy) is 1. The molecule has 2 bridgehead atoms. The Hall–Kier alpha value is -1.55. The van der Waals surface area contributed by atoms with E-state index in [0.29, 0.717) is 25.9 Å². The maximum atomic E-state index is 13.4. The predicted octanol–water partition coefficient (Wildman–Crippen LogP) is -0.394. The van der Waals surface area contributed by atoms with Gasteiger partial charge >= 0.3 is 17.8 Å². The maximum Gasteiger partial charge on any atom is 0.367 e. The summed E-state index contributed by atoms with van der Waals surface area (Å²) in [5, 5.41) is 9.39. The lowest BCUT2D eigenvalue weighted by Gasteiger charge is -2.68. The van der Waals surface area contributed by atoms with Gasteiger partial charge in [0.1, 0.15) is 13.0 Å². The van der Waals surface area contributed by atoms with E-state index in [9.17, 15) is 19.5 Å². The Labute approximate surface area is 154 Å². The van der Waals surface area contributed by atoms with Gasteiger partial charge in [0.05, 0.1) is 18.4 Å². The Kier molecular flexibility index (Phi) is 5.49. The van der Waals surface area contributed by atoms with Crippen LogP contribution in [0.3, 0.4) is 0 Å². The highest BCUT2D eigenvalue weighted by Crippen LogP contribution is 2.56. The van der Waals surface area contributed by atoms with Crippen LogP contribution < -0.4 is 11.6 Å². The summed E-state index contributed by atoms with van der Waals surface area (Å²) in [5.74, 6) is 3.35. The molecule has 5 unspecified atom stereocenters. The zero-order valence-corrected chi connectivity index (χ0v) is 16.1. The van der Waals surface area contributed by atoms with Gasteiger partial charge in [0.15, 0.2) is 12.1 Å². The van der Waals surface area contributed by atoms with Gasteiger partial charge in [-0.1, -0.05) is 9.29 Å². The van der Waals surface area contributed by atoms with Gasteiger partial charge in [-0.25, -0.2) is 9.59 Å². The molecule has 9 heteroatoms. The molecule has 0 saturated carbocycles. The number of aliphatic carboxylic acids is 1. The molecule has 5 atom stereocenters. The summed E-state index contributed by atoms with van der Waals surface area (Å²) < 4.78 is 4.60. The summed E-state index contributed by atoms with van der Waals surface area (Å²) in [6.07, 6.45) is 1.03. The zero-order valence-electron chi connectivity index (χ0n) is 16.1. The molecule has 0 spiro atoms. The number of carboxylic acids is 1. The Morgan fingerprint density at radius 2 is 2.04 bits per heavy atom. The van der Waals surface area contributed by atoms with E-state index >= 15 is 0 Å². The fourth-order valence-electron chi connectivity index (χ4n) is 4.86. The Morgan fingerprint density at radius 3 is 2.50 bits per heavy atom. The average Bonchev–Trinajstić information content (AvgIpc) is 2.54. The highest BCUT2D eigenvalue weighted by molar-refractivity contribution is 5.83. The first-order valence-corrected chi connectivity index (χ1v) is 9.13. The number of rotatable bonds is 8. The number of likely N-dealkylation sites (N-methyl/N-ethyl adjacent to an activating group) is 1. The Balaban J connectivity index is 2.48. The van der Waals surface area contributed by atoms with Gasteiger partial charge in [-0.2, -0.15) is 0 Å². The summed E-state index contributed by atoms with van der Waals surface area (Å²) in [6, 6.07) is 0. The molecule has 1 amide bonds. The molecule has 9 nitrogen and oxygen atoms in total. The van der Waals surface area contributed by atoms with Crippen LogP contribution in [0.1, 0.15) is 33.6 Å². The lowest BCUT2D eigenvalue weighted by Crippen LogP contribution is -2.97. The van der Waals surface area contributed by atoms with Crippen LogP contribution in [0, 0.1) is 17.8 Å². The lowest BCUT2D eigenvalue weighted by atomic mass is 9.62. The van der Waals surface area contributed by atoms with Crippen LogP contribution in [-0.2, 0) is 19.1 Å². The van der Waals surface area contributed by atoms with Crippen molar-refractivity contribution in [2.75, 3.05) is 33.3 Å². The first-order valence-electron chi connectivity index (χ1n) is 9.13. The van der Waals surface area contributed by atoms with Crippen LogP contribution in [0.5, 0.6) is 0 Å². The summed E-state index contributed by atoms with van der Waals surface area (Å²) in [7, 11) is 1.56. The van der Waals surface area contributed by atoms with Gasteiger partial charge in [0.25, 0.3) is 0 Å². The minimum Gasteiger partial charge on any atom is -0.477 e. The molecule has 0 aliphatic carbocycles. The summed E-state index contributed by atoms with van der Waals surface area (Å²) in [5.41, 5.74) is 5.08. The van der Waals surface area contributed by atoms with Crippen LogP contribution in [-0.4, -0.2) is 71.1 Å². The molecule has 0 aromatic heterocycles. The van der Waals surface area contributed by atoms with Crippen molar-refractivity contribution in [1.29, 1.82) is 0 Å². The van der Waals surface area contributed by atoms with Crippen molar-refractivity contribution in [3.05, 3.63) is 0 Å². The molecule has 3 rings (SSSR count). The quantitative estimate of drug-likeness (QED) is 0.300. The fourth-order valence-corrected chi connectivity index (χ4v) is 4.86. The van der Waals surface area contributed by atoms with Gasteiger partial charge < -0.3 is 15.6 Å². The highest BCUT2D eigenvalue weighted by Gasteiger charge is 2.81. The molecular weight excluding hydrogens is 340 g/mol. The van der Waals surface area contributed by atoms with E-state index in [2.05, 4.69) is 0 Å². The number of quaternary nitrogens is 2. The van der Waals surface area contributed by atoms with E-state index < -0.39 is 40.5 Å². The lowest BCUT2D eigenvalue weighted by molar-refractivity contribution is -1.50. The van der Waals surface area contributed by atoms with Gasteiger partial charge in [-0.15, -0.1) is 5.84 Å². The van der Waals surface area contributed by atoms with Gasteiger partial charge in [0, 0.05) is 0 Å². The number of hydrogen-bond donors (Lipinski definition) is 3. The van der Waals surface area contributed by atoms with E-state index in [1.54, 1.807) is 14.0 Å². The second-order valence-electron chi connectivity index (χ2n) is 8.11. The molecule has 3 saturated heterocycles. The average molecular weight is 372 g/mol. The zero-order chi connectivity index (χ0) is 19.9. The molecule has 0 aromatic carbocycles. The van der Waals surface area contributed by atoms with Crippen LogP contribution in [0.2, 0.25) is 0 Å². The summed E-state index contributed by atoms with van der Waals surface area (Å²) in [4.78, 5) is 37.5. The first kappa shape index (κ1) is 20.8. The minimum atomic E-state index is -1.10. The third kappa shape index (κ3) is 2.74. The number of esters is 1. The van der Waals surface area contributed by atoms with Gasteiger partial charge in [-0.05, 0) is 40.2 Å². The maximum absolute atomic E-state index is 13.4. The topological polar surface area (TPSA) is 133 Å². The van der Waals surface area contributed by atoms with Crippen molar-refractivity contribution < 1.29 is 33.5 Å². The van der Waals surface area contributed by atoms with Gasteiger partial charge in [-0.3, -0.25) is 4.79 Å². The minimum absolute atomic E-state index is 0.104. The van der Waals surface area contributed by atoms with Crippen LogP contribution >= 0.6 is 0 Å². The van der Waals surface area contributed by atoms with Crippen LogP contribution in [0.25, 0.3) is 0 Å². The Morgan fingerprint density at radius 1 is 1.42 bits per heavy atom. The molecule has 0 aromatic rings. The molecular formula is C17H32N4O5+2.